The molecular formula is C30H37N3O10. The highest BCUT2D eigenvalue weighted by Gasteiger charge is 2.29. The lowest BCUT2D eigenvalue weighted by molar-refractivity contribution is -0.159. The highest BCUT2D eigenvalue weighted by atomic mass is 16.5. The Morgan fingerprint density at radius 2 is 1.30 bits per heavy atom. The third-order valence-electron chi connectivity index (χ3n) is 6.28. The minimum absolute atomic E-state index is 0.0118. The first kappa shape index (κ1) is 34.3. The summed E-state index contributed by atoms with van der Waals surface area (Å²) in [7, 11) is 0. The number of unbranched alkanes of at least 4 members (excludes halogenated alkanes) is 2. The summed E-state index contributed by atoms with van der Waals surface area (Å²) in [6.07, 6.45) is -0.152. The molecule has 0 heterocycles. The van der Waals surface area contributed by atoms with E-state index in [9.17, 15) is 28.8 Å². The highest BCUT2D eigenvalue weighted by molar-refractivity contribution is 5.96. The van der Waals surface area contributed by atoms with Crippen LogP contribution in [0.25, 0.3) is 0 Å². The Hall–Kier alpha value is -4.94. The highest BCUT2D eigenvalue weighted by Crippen LogP contribution is 2.16. The van der Waals surface area contributed by atoms with E-state index in [1.807, 2.05) is 6.92 Å². The summed E-state index contributed by atoms with van der Waals surface area (Å²) in [5.41, 5.74) is 1.28. The zero-order chi connectivity index (χ0) is 31.8. The lowest BCUT2D eigenvalue weighted by Crippen LogP contribution is -2.55. The van der Waals surface area contributed by atoms with E-state index in [4.69, 9.17) is 20.1 Å². The number of aliphatic carboxylic acids is 3. The zero-order valence-corrected chi connectivity index (χ0v) is 23.8. The number of carboxylic acid groups (broad SMARTS) is 3. The third-order valence-corrected chi connectivity index (χ3v) is 6.28. The Morgan fingerprint density at radius 3 is 1.86 bits per heavy atom. The van der Waals surface area contributed by atoms with Crippen LogP contribution in [0.2, 0.25) is 0 Å². The maximum absolute atomic E-state index is 13.5. The van der Waals surface area contributed by atoms with Crippen LogP contribution in [0, 0.1) is 0 Å². The van der Waals surface area contributed by atoms with Crippen LogP contribution in [-0.2, 0) is 41.6 Å². The second kappa shape index (κ2) is 17.8. The fourth-order valence-corrected chi connectivity index (χ4v) is 4.02. The zero-order valence-electron chi connectivity index (χ0n) is 23.8. The summed E-state index contributed by atoms with van der Waals surface area (Å²) in [6.45, 7) is 2.40. The van der Waals surface area contributed by atoms with Crippen LogP contribution < -0.4 is 20.7 Å². The molecule has 2 aromatic carbocycles. The van der Waals surface area contributed by atoms with Crippen molar-refractivity contribution < 1.29 is 48.8 Å². The van der Waals surface area contributed by atoms with Crippen molar-refractivity contribution in [3.63, 3.8) is 0 Å². The fraction of sp³-hybridized carbons (Fsp3) is 0.400. The van der Waals surface area contributed by atoms with Crippen LogP contribution in [0.15, 0.2) is 54.6 Å². The van der Waals surface area contributed by atoms with Crippen LogP contribution in [0.3, 0.4) is 0 Å². The molecule has 43 heavy (non-hydrogen) atoms. The molecule has 0 saturated carbocycles. The number of carboxylic acids is 3. The van der Waals surface area contributed by atoms with Crippen molar-refractivity contribution >= 4 is 35.6 Å². The Balaban J connectivity index is 2.24. The maximum atomic E-state index is 13.5. The van der Waals surface area contributed by atoms with Crippen molar-refractivity contribution in [1.29, 1.82) is 0 Å². The maximum Gasteiger partial charge on any atom is 0.356 e. The van der Waals surface area contributed by atoms with E-state index in [-0.39, 0.29) is 25.0 Å². The molecule has 0 aliphatic rings. The number of carbonyl (C=O) groups excluding carboxylic acids is 3. The molecule has 2 rings (SSSR count). The van der Waals surface area contributed by atoms with Gasteiger partial charge >= 0.3 is 17.9 Å². The molecule has 232 valence electrons. The number of benzene rings is 2. The molecule has 6 N–H and O–H groups in total. The Kier molecular flexibility index (Phi) is 14.2. The van der Waals surface area contributed by atoms with Crippen LogP contribution >= 0.6 is 0 Å². The molecule has 2 atom stereocenters. The van der Waals surface area contributed by atoms with Gasteiger partial charge in [0.25, 0.3) is 6.10 Å². The Morgan fingerprint density at radius 1 is 0.721 bits per heavy atom. The molecular weight excluding hydrogens is 562 g/mol. The van der Waals surface area contributed by atoms with Gasteiger partial charge in [0.1, 0.15) is 17.8 Å². The number of nitrogens with one attached hydrogen (secondary N) is 3. The predicted octanol–water partition coefficient (Wildman–Crippen LogP) is 1.53. The molecule has 0 bridgehead atoms. The first-order valence-corrected chi connectivity index (χ1v) is 13.8. The molecule has 0 radical (unpaired) electrons. The summed E-state index contributed by atoms with van der Waals surface area (Å²) < 4.78 is 5.02. The van der Waals surface area contributed by atoms with E-state index in [1.54, 1.807) is 30.3 Å². The van der Waals surface area contributed by atoms with Gasteiger partial charge in [0.05, 0.1) is 6.42 Å². The summed E-state index contributed by atoms with van der Waals surface area (Å²) in [5.74, 6) is -6.25. The molecule has 0 saturated heterocycles. The fourth-order valence-electron chi connectivity index (χ4n) is 4.02. The van der Waals surface area contributed by atoms with Crippen molar-refractivity contribution in [2.45, 2.75) is 70.1 Å². The van der Waals surface area contributed by atoms with Crippen LogP contribution in [-0.4, -0.2) is 75.7 Å². The molecule has 2 aromatic rings. The number of rotatable bonds is 19. The van der Waals surface area contributed by atoms with Gasteiger partial charge in [0.15, 0.2) is 0 Å². The Bertz CT molecular complexity index is 1240. The predicted molar refractivity (Wildman–Crippen MR) is 153 cm³/mol. The molecule has 0 fully saturated rings. The van der Waals surface area contributed by atoms with Gasteiger partial charge in [-0.05, 0) is 29.7 Å². The van der Waals surface area contributed by atoms with Crippen molar-refractivity contribution in [3.8, 4) is 5.75 Å². The van der Waals surface area contributed by atoms with Gasteiger partial charge in [0.2, 0.25) is 17.7 Å². The minimum Gasteiger partial charge on any atom is -0.481 e. The quantitative estimate of drug-likeness (QED) is 0.101. The molecule has 13 heteroatoms. The molecule has 13 nitrogen and oxygen atoms in total. The van der Waals surface area contributed by atoms with E-state index in [1.165, 1.54) is 24.3 Å². The van der Waals surface area contributed by atoms with Gasteiger partial charge in [-0.25, -0.2) is 9.59 Å². The normalized spacial score (nSPS) is 12.0. The monoisotopic (exact) mass is 599 g/mol. The Labute approximate surface area is 248 Å². The van der Waals surface area contributed by atoms with Gasteiger partial charge in [-0.2, -0.15) is 0 Å². The van der Waals surface area contributed by atoms with Gasteiger partial charge < -0.3 is 36.0 Å². The van der Waals surface area contributed by atoms with Crippen LogP contribution in [0.4, 0.5) is 0 Å². The van der Waals surface area contributed by atoms with Gasteiger partial charge in [-0.15, -0.1) is 0 Å². The van der Waals surface area contributed by atoms with Crippen molar-refractivity contribution in [2.24, 2.45) is 0 Å². The van der Waals surface area contributed by atoms with Crippen molar-refractivity contribution in [3.05, 3.63) is 65.7 Å². The van der Waals surface area contributed by atoms with E-state index in [0.29, 0.717) is 12.1 Å². The third kappa shape index (κ3) is 12.6. The van der Waals surface area contributed by atoms with Gasteiger partial charge in [-0.1, -0.05) is 62.2 Å². The molecule has 0 aliphatic carbocycles. The molecule has 0 unspecified atom stereocenters. The average Bonchev–Trinajstić information content (AvgIpc) is 2.97. The number of hydrogen-bond acceptors (Lipinski definition) is 7. The summed E-state index contributed by atoms with van der Waals surface area (Å²) >= 11 is 0. The molecule has 0 aliphatic heterocycles. The summed E-state index contributed by atoms with van der Waals surface area (Å²) in [6, 6.07) is 12.4. The second-order valence-corrected chi connectivity index (χ2v) is 9.79. The van der Waals surface area contributed by atoms with E-state index < -0.39 is 60.2 Å². The average molecular weight is 600 g/mol. The van der Waals surface area contributed by atoms with Crippen molar-refractivity contribution in [1.82, 2.24) is 16.0 Å². The largest absolute Gasteiger partial charge is 0.481 e. The van der Waals surface area contributed by atoms with Gasteiger partial charge in [-0.3, -0.25) is 19.2 Å². The van der Waals surface area contributed by atoms with Crippen LogP contribution in [0.1, 0.15) is 50.2 Å². The molecule has 0 aromatic heterocycles. The summed E-state index contributed by atoms with van der Waals surface area (Å²) in [5, 5.41) is 35.1. The van der Waals surface area contributed by atoms with Gasteiger partial charge in [0, 0.05) is 25.8 Å². The SMILES string of the molecule is CCCCCNC(=O)[C@H](Cc1ccc(OC(C(=O)O)C(=O)O)cc1)NC(=O)[C@H](Cc1ccccc1)NC(=O)CCC(=O)O. The van der Waals surface area contributed by atoms with E-state index in [2.05, 4.69) is 16.0 Å². The summed E-state index contributed by atoms with van der Waals surface area (Å²) in [4.78, 5) is 72.2. The topological polar surface area (TPSA) is 208 Å². The lowest BCUT2D eigenvalue weighted by Gasteiger charge is -2.24. The minimum atomic E-state index is -2.10. The number of carbonyl (C=O) groups is 6. The standard InChI is InChI=1S/C30H37N3O10/c1-2-3-7-16-31-27(37)22(18-20-10-12-21(13-11-20)43-26(29(39)40)30(41)42)33-28(38)23(17-19-8-5-4-6-9-19)32-24(34)14-15-25(35)36/h4-6,8-13,22-23,26H,2-3,7,14-18H2,1H3,(H,31,37)(H,32,34)(H,33,38)(H,35,36)(H,39,40)(H,41,42)/t22-,23-/m0/s1. The second-order valence-electron chi connectivity index (χ2n) is 9.79. The number of hydrogen-bond donors (Lipinski definition) is 6. The lowest BCUT2D eigenvalue weighted by atomic mass is 10.0. The van der Waals surface area contributed by atoms with Crippen molar-refractivity contribution in [2.75, 3.05) is 6.54 Å². The first-order chi connectivity index (χ1) is 20.5. The first-order valence-electron chi connectivity index (χ1n) is 13.8. The molecule has 0 spiro atoms. The van der Waals surface area contributed by atoms with E-state index >= 15 is 0 Å². The smallest absolute Gasteiger partial charge is 0.356 e. The number of amides is 3. The van der Waals surface area contributed by atoms with E-state index in [0.717, 1.165) is 24.8 Å². The van der Waals surface area contributed by atoms with Crippen LogP contribution in [0.5, 0.6) is 5.75 Å². The molecule has 3 amide bonds. The number of ether oxygens (including phenoxy) is 1.